The second-order valence-corrected chi connectivity index (χ2v) is 5.49. The molecule has 0 unspecified atom stereocenters. The molecule has 1 N–H and O–H groups in total. The second kappa shape index (κ2) is 4.74. The lowest BCUT2D eigenvalue weighted by molar-refractivity contribution is 0.0945. The van der Waals surface area contributed by atoms with Crippen LogP contribution in [0.25, 0.3) is 10.8 Å². The molecule has 1 aromatic carbocycles. The molecule has 5 nitrogen and oxygen atoms in total. The van der Waals surface area contributed by atoms with E-state index in [4.69, 9.17) is 0 Å². The zero-order valence-corrected chi connectivity index (χ0v) is 11.6. The van der Waals surface area contributed by atoms with Gasteiger partial charge in [0.25, 0.3) is 11.5 Å². The maximum atomic E-state index is 12.3. The summed E-state index contributed by atoms with van der Waals surface area (Å²) in [5.41, 5.74) is 0.180. The summed E-state index contributed by atoms with van der Waals surface area (Å²) in [6, 6.07) is 7.32. The average Bonchev–Trinajstić information content (AvgIpc) is 3.23. The van der Waals surface area contributed by atoms with E-state index in [-0.39, 0.29) is 23.6 Å². The van der Waals surface area contributed by atoms with E-state index in [1.165, 1.54) is 4.68 Å². The predicted octanol–water partition coefficient (Wildman–Crippen LogP) is 1.87. The van der Waals surface area contributed by atoms with Gasteiger partial charge in [-0.25, -0.2) is 4.68 Å². The lowest BCUT2D eigenvalue weighted by Crippen LogP contribution is -2.32. The van der Waals surface area contributed by atoms with E-state index in [0.29, 0.717) is 16.5 Å². The van der Waals surface area contributed by atoms with Crippen LogP contribution in [0.2, 0.25) is 0 Å². The fourth-order valence-electron chi connectivity index (χ4n) is 2.21. The largest absolute Gasteiger partial charge is 0.348 e. The van der Waals surface area contributed by atoms with E-state index >= 15 is 0 Å². The van der Waals surface area contributed by atoms with Crippen LogP contribution in [0.5, 0.6) is 0 Å². The van der Waals surface area contributed by atoms with Crippen molar-refractivity contribution in [2.75, 3.05) is 0 Å². The number of fused-ring (bicyclic) bond motifs is 1. The van der Waals surface area contributed by atoms with E-state index in [9.17, 15) is 9.59 Å². The van der Waals surface area contributed by atoms with Gasteiger partial charge >= 0.3 is 0 Å². The molecule has 2 aromatic rings. The normalized spacial score (nSPS) is 14.8. The number of carbonyl (C=O) groups excluding carboxylic acids is 1. The third-order valence-electron chi connectivity index (χ3n) is 3.45. The van der Waals surface area contributed by atoms with Crippen molar-refractivity contribution < 1.29 is 4.79 Å². The number of carbonyl (C=O) groups is 1. The molecule has 0 radical (unpaired) electrons. The van der Waals surface area contributed by atoms with Crippen molar-refractivity contribution in [1.29, 1.82) is 0 Å². The fraction of sp³-hybridized carbons (Fsp3) is 0.400. The summed E-state index contributed by atoms with van der Waals surface area (Å²) in [7, 11) is 0. The second-order valence-electron chi connectivity index (χ2n) is 5.49. The molecular formula is C15H17N3O2. The molecule has 1 saturated carbocycles. The highest BCUT2D eigenvalue weighted by atomic mass is 16.2. The molecule has 0 atom stereocenters. The minimum atomic E-state index is -0.196. The molecule has 1 fully saturated rings. The van der Waals surface area contributed by atoms with E-state index in [0.717, 1.165) is 12.8 Å². The van der Waals surface area contributed by atoms with Gasteiger partial charge in [0.2, 0.25) is 0 Å². The molecular weight excluding hydrogens is 254 g/mol. The van der Waals surface area contributed by atoms with E-state index in [1.807, 2.05) is 19.9 Å². The number of hydrogen-bond acceptors (Lipinski definition) is 3. The van der Waals surface area contributed by atoms with Crippen molar-refractivity contribution in [3.63, 3.8) is 0 Å². The maximum absolute atomic E-state index is 12.3. The molecule has 5 heteroatoms. The predicted molar refractivity (Wildman–Crippen MR) is 76.9 cm³/mol. The van der Waals surface area contributed by atoms with Crippen LogP contribution in [0.3, 0.4) is 0 Å². The minimum Gasteiger partial charge on any atom is -0.348 e. The molecule has 0 aliphatic heterocycles. The molecule has 1 aliphatic carbocycles. The maximum Gasteiger partial charge on any atom is 0.274 e. The Kier molecular flexibility index (Phi) is 3.04. The van der Waals surface area contributed by atoms with E-state index in [2.05, 4.69) is 10.4 Å². The van der Waals surface area contributed by atoms with Crippen LogP contribution in [0.1, 0.15) is 43.2 Å². The highest BCUT2D eigenvalue weighted by Crippen LogP contribution is 2.20. The molecule has 3 rings (SSSR count). The van der Waals surface area contributed by atoms with Crippen molar-refractivity contribution in [3.05, 3.63) is 40.3 Å². The van der Waals surface area contributed by atoms with Gasteiger partial charge in [-0.2, -0.15) is 5.10 Å². The van der Waals surface area contributed by atoms with Gasteiger partial charge in [0.1, 0.15) is 0 Å². The lowest BCUT2D eigenvalue weighted by Gasteiger charge is -2.13. The minimum absolute atomic E-state index is 0.0837. The third-order valence-corrected chi connectivity index (χ3v) is 3.45. The van der Waals surface area contributed by atoms with Crippen LogP contribution in [0.15, 0.2) is 29.1 Å². The van der Waals surface area contributed by atoms with Gasteiger partial charge in [-0.05, 0) is 32.8 Å². The molecule has 20 heavy (non-hydrogen) atoms. The van der Waals surface area contributed by atoms with Gasteiger partial charge in [-0.1, -0.05) is 18.2 Å². The number of nitrogens with one attached hydrogen (secondary N) is 1. The zero-order chi connectivity index (χ0) is 14.3. The third kappa shape index (κ3) is 2.19. The quantitative estimate of drug-likeness (QED) is 0.927. The first-order valence-electron chi connectivity index (χ1n) is 6.90. The van der Waals surface area contributed by atoms with Crippen LogP contribution in [0, 0.1) is 0 Å². The van der Waals surface area contributed by atoms with Gasteiger partial charge < -0.3 is 5.32 Å². The molecule has 104 valence electrons. The molecule has 0 spiro atoms. The van der Waals surface area contributed by atoms with Gasteiger partial charge in [-0.15, -0.1) is 0 Å². The summed E-state index contributed by atoms with van der Waals surface area (Å²) >= 11 is 0. The zero-order valence-electron chi connectivity index (χ0n) is 11.6. The van der Waals surface area contributed by atoms with Crippen LogP contribution >= 0.6 is 0 Å². The first-order chi connectivity index (χ1) is 9.58. The first kappa shape index (κ1) is 12.8. The summed E-state index contributed by atoms with van der Waals surface area (Å²) in [4.78, 5) is 24.7. The number of hydrogen-bond donors (Lipinski definition) is 1. The van der Waals surface area contributed by atoms with Gasteiger partial charge in [0.05, 0.1) is 11.4 Å². The first-order valence-corrected chi connectivity index (χ1v) is 6.90. The van der Waals surface area contributed by atoms with Crippen molar-refractivity contribution in [2.24, 2.45) is 0 Å². The summed E-state index contributed by atoms with van der Waals surface area (Å²) < 4.78 is 1.38. The Morgan fingerprint density at radius 3 is 2.55 bits per heavy atom. The topological polar surface area (TPSA) is 64.0 Å². The van der Waals surface area contributed by atoms with Gasteiger partial charge in [0.15, 0.2) is 5.69 Å². The van der Waals surface area contributed by atoms with Crippen molar-refractivity contribution in [2.45, 2.75) is 38.8 Å². The van der Waals surface area contributed by atoms with Crippen LogP contribution in [-0.4, -0.2) is 21.7 Å². The van der Waals surface area contributed by atoms with Crippen molar-refractivity contribution >= 4 is 16.7 Å². The van der Waals surface area contributed by atoms with Crippen LogP contribution < -0.4 is 10.9 Å². The van der Waals surface area contributed by atoms with E-state index in [1.54, 1.807) is 18.2 Å². The average molecular weight is 271 g/mol. The summed E-state index contributed by atoms with van der Waals surface area (Å²) in [5.74, 6) is -0.196. The smallest absolute Gasteiger partial charge is 0.274 e. The molecule has 1 heterocycles. The highest BCUT2D eigenvalue weighted by molar-refractivity contribution is 6.04. The molecule has 0 saturated heterocycles. The van der Waals surface area contributed by atoms with Crippen LogP contribution in [0.4, 0.5) is 0 Å². The monoisotopic (exact) mass is 271 g/mol. The summed E-state index contributed by atoms with van der Waals surface area (Å²) in [5, 5.41) is 8.36. The molecule has 1 aliphatic rings. The number of nitrogens with zero attached hydrogens (tertiary/aromatic N) is 2. The Balaban J connectivity index is 2.20. The number of rotatable bonds is 3. The molecule has 0 bridgehead atoms. The lowest BCUT2D eigenvalue weighted by atomic mass is 10.1. The Morgan fingerprint density at radius 2 is 1.95 bits per heavy atom. The van der Waals surface area contributed by atoms with Gasteiger partial charge in [-0.3, -0.25) is 9.59 Å². The van der Waals surface area contributed by atoms with Gasteiger partial charge in [0, 0.05) is 11.4 Å². The van der Waals surface area contributed by atoms with Crippen molar-refractivity contribution in [3.8, 4) is 0 Å². The fourth-order valence-corrected chi connectivity index (χ4v) is 2.21. The standard InChI is InChI=1S/C15H17N3O2/c1-9(2)18-15(20)12-6-4-3-5-11(12)13(17-18)14(19)16-10-7-8-10/h3-6,9-10H,7-8H2,1-2H3,(H,16,19). The van der Waals surface area contributed by atoms with E-state index < -0.39 is 0 Å². The Hall–Kier alpha value is -2.17. The van der Waals surface area contributed by atoms with Crippen LogP contribution in [-0.2, 0) is 0 Å². The Bertz CT molecular complexity index is 729. The summed E-state index contributed by atoms with van der Waals surface area (Å²) in [6.45, 7) is 3.76. The SMILES string of the molecule is CC(C)n1nc(C(=O)NC2CC2)c2ccccc2c1=O. The van der Waals surface area contributed by atoms with Crippen molar-refractivity contribution in [1.82, 2.24) is 15.1 Å². The number of benzene rings is 1. The highest BCUT2D eigenvalue weighted by Gasteiger charge is 2.26. The Morgan fingerprint density at radius 1 is 1.30 bits per heavy atom. The summed E-state index contributed by atoms with van der Waals surface area (Å²) in [6.07, 6.45) is 2.04. The number of aromatic nitrogens is 2. The Labute approximate surface area is 116 Å². The molecule has 1 aromatic heterocycles. The molecule has 1 amide bonds. The number of amides is 1.